The molecule has 0 bridgehead atoms. The van der Waals surface area contributed by atoms with Crippen LogP contribution in [0.25, 0.3) is 0 Å². The van der Waals surface area contributed by atoms with Crippen molar-refractivity contribution in [1.82, 2.24) is 0 Å². The molecule has 0 saturated carbocycles. The molecule has 0 spiro atoms. The van der Waals surface area contributed by atoms with Gasteiger partial charge in [-0.25, -0.2) is 0 Å². The third kappa shape index (κ3) is 4.70. The molecule has 0 unspecified atom stereocenters. The van der Waals surface area contributed by atoms with Gasteiger partial charge in [0.1, 0.15) is 10.5 Å². The van der Waals surface area contributed by atoms with Gasteiger partial charge in [0.25, 0.3) is 0 Å². The summed E-state index contributed by atoms with van der Waals surface area (Å²) in [4.78, 5) is 21.0. The summed E-state index contributed by atoms with van der Waals surface area (Å²) in [5.41, 5.74) is 10.4. The molecule has 0 radical (unpaired) electrons. The van der Waals surface area contributed by atoms with E-state index in [0.29, 0.717) is 0 Å². The first-order chi connectivity index (χ1) is 6.52. The fourth-order valence-electron chi connectivity index (χ4n) is 0.497. The van der Waals surface area contributed by atoms with E-state index in [0.717, 1.165) is 21.6 Å². The minimum Gasteiger partial charge on any atom is -0.480 e. The van der Waals surface area contributed by atoms with Crippen LogP contribution in [0, 0.1) is 0 Å². The molecule has 14 heavy (non-hydrogen) atoms. The van der Waals surface area contributed by atoms with Crippen molar-refractivity contribution < 1.29 is 19.8 Å². The van der Waals surface area contributed by atoms with Crippen molar-refractivity contribution in [2.75, 3.05) is 13.1 Å². The molecule has 0 fully saturated rings. The first-order valence-electron chi connectivity index (χ1n) is 3.70. The minimum atomic E-state index is -1.05. The van der Waals surface area contributed by atoms with Gasteiger partial charge in [0, 0.05) is 13.1 Å². The maximum absolute atomic E-state index is 10.5. The number of hydrogen-bond acceptors (Lipinski definition) is 6. The summed E-state index contributed by atoms with van der Waals surface area (Å²) < 4.78 is 0. The van der Waals surface area contributed by atoms with Gasteiger partial charge in [-0.05, 0) is 0 Å². The molecule has 0 rings (SSSR count). The summed E-state index contributed by atoms with van der Waals surface area (Å²) in [7, 11) is 1.84. The van der Waals surface area contributed by atoms with Crippen molar-refractivity contribution in [3.63, 3.8) is 0 Å². The van der Waals surface area contributed by atoms with Crippen LogP contribution in [0.3, 0.4) is 0 Å². The van der Waals surface area contributed by atoms with Gasteiger partial charge in [-0.2, -0.15) is 0 Å². The maximum Gasteiger partial charge on any atom is 0.318 e. The van der Waals surface area contributed by atoms with Gasteiger partial charge < -0.3 is 21.7 Å². The minimum absolute atomic E-state index is 0.0378. The van der Waals surface area contributed by atoms with Crippen molar-refractivity contribution in [2.45, 2.75) is 10.5 Å². The molecule has 0 amide bonds. The lowest BCUT2D eigenvalue weighted by atomic mass is 10.4. The smallest absolute Gasteiger partial charge is 0.318 e. The highest BCUT2D eigenvalue weighted by molar-refractivity contribution is 8.77. The molecule has 2 atom stereocenters. The van der Waals surface area contributed by atoms with Crippen LogP contribution in [-0.4, -0.2) is 45.7 Å². The van der Waals surface area contributed by atoms with Crippen molar-refractivity contribution in [1.29, 1.82) is 0 Å². The molecule has 0 aliphatic rings. The number of aliphatic carboxylic acids is 2. The maximum atomic E-state index is 10.5. The van der Waals surface area contributed by atoms with Gasteiger partial charge in [-0.15, -0.1) is 0 Å². The average molecular weight is 240 g/mol. The lowest BCUT2D eigenvalue weighted by Gasteiger charge is -2.12. The fourth-order valence-corrected chi connectivity index (χ4v) is 2.86. The molecular formula is C6H12N2O4S2. The van der Waals surface area contributed by atoms with Crippen LogP contribution in [0.2, 0.25) is 0 Å². The number of nitrogens with two attached hydrogens (primary N) is 2. The first-order valence-corrected chi connectivity index (χ1v) is 5.98. The number of carbonyl (C=O) groups is 2. The topological polar surface area (TPSA) is 127 Å². The quantitative estimate of drug-likeness (QED) is 0.426. The second-order valence-electron chi connectivity index (χ2n) is 2.32. The Bertz CT molecular complexity index is 192. The Morgan fingerprint density at radius 2 is 1.29 bits per heavy atom. The van der Waals surface area contributed by atoms with E-state index in [1.54, 1.807) is 0 Å². The van der Waals surface area contributed by atoms with E-state index in [9.17, 15) is 9.59 Å². The third-order valence-corrected chi connectivity index (χ3v) is 4.36. The lowest BCUT2D eigenvalue weighted by molar-refractivity contribution is -0.137. The van der Waals surface area contributed by atoms with Gasteiger partial charge in [0.05, 0.1) is 0 Å². The van der Waals surface area contributed by atoms with E-state index < -0.39 is 22.4 Å². The highest BCUT2D eigenvalue weighted by Crippen LogP contribution is 2.30. The van der Waals surface area contributed by atoms with Crippen LogP contribution in [0.15, 0.2) is 0 Å². The Morgan fingerprint density at radius 1 is 1.00 bits per heavy atom. The Kier molecular flexibility index (Phi) is 6.71. The Balaban J connectivity index is 4.00. The zero-order valence-electron chi connectivity index (χ0n) is 7.25. The van der Waals surface area contributed by atoms with Crippen molar-refractivity contribution in [3.8, 4) is 0 Å². The van der Waals surface area contributed by atoms with E-state index in [2.05, 4.69) is 0 Å². The van der Waals surface area contributed by atoms with Crippen molar-refractivity contribution >= 4 is 33.5 Å². The second kappa shape index (κ2) is 6.93. The molecule has 0 aliphatic heterocycles. The van der Waals surface area contributed by atoms with Crippen LogP contribution in [-0.2, 0) is 9.59 Å². The first kappa shape index (κ1) is 13.6. The Labute approximate surface area is 88.8 Å². The van der Waals surface area contributed by atoms with Crippen LogP contribution in [0.4, 0.5) is 0 Å². The molecule has 0 aliphatic carbocycles. The summed E-state index contributed by atoms with van der Waals surface area (Å²) in [5.74, 6) is -2.10. The fraction of sp³-hybridized carbons (Fsp3) is 0.667. The van der Waals surface area contributed by atoms with Gasteiger partial charge >= 0.3 is 11.9 Å². The second-order valence-corrected chi connectivity index (χ2v) is 5.00. The van der Waals surface area contributed by atoms with Gasteiger partial charge in [0.15, 0.2) is 0 Å². The Morgan fingerprint density at radius 3 is 1.43 bits per heavy atom. The zero-order valence-corrected chi connectivity index (χ0v) is 8.88. The number of hydrogen-bond donors (Lipinski definition) is 4. The van der Waals surface area contributed by atoms with E-state index >= 15 is 0 Å². The molecule has 0 heterocycles. The summed E-state index contributed by atoms with van der Waals surface area (Å²) in [6.07, 6.45) is 0. The average Bonchev–Trinajstić information content (AvgIpc) is 2.11. The van der Waals surface area contributed by atoms with Crippen molar-refractivity contribution in [2.24, 2.45) is 11.5 Å². The summed E-state index contributed by atoms with van der Waals surface area (Å²) in [6.45, 7) is -0.0756. The van der Waals surface area contributed by atoms with Crippen LogP contribution < -0.4 is 11.5 Å². The predicted octanol–water partition coefficient (Wildman–Crippen LogP) is -0.808. The summed E-state index contributed by atoms with van der Waals surface area (Å²) in [5, 5.41) is 15.6. The normalized spacial score (nSPS) is 14.7. The highest BCUT2D eigenvalue weighted by Gasteiger charge is 2.22. The molecule has 82 valence electrons. The molecular weight excluding hydrogens is 228 g/mol. The molecule has 0 aromatic heterocycles. The molecule has 8 heteroatoms. The van der Waals surface area contributed by atoms with E-state index in [4.69, 9.17) is 21.7 Å². The summed E-state index contributed by atoms with van der Waals surface area (Å²) >= 11 is 0. The molecule has 6 N–H and O–H groups in total. The number of carboxylic acids is 2. The summed E-state index contributed by atoms with van der Waals surface area (Å²) in [6, 6.07) is 0. The van der Waals surface area contributed by atoms with Gasteiger partial charge in [0.2, 0.25) is 0 Å². The van der Waals surface area contributed by atoms with Crippen LogP contribution in [0.1, 0.15) is 0 Å². The van der Waals surface area contributed by atoms with Gasteiger partial charge in [-0.3, -0.25) is 9.59 Å². The lowest BCUT2D eigenvalue weighted by Crippen LogP contribution is -2.28. The number of rotatable bonds is 7. The van der Waals surface area contributed by atoms with E-state index in [-0.39, 0.29) is 13.1 Å². The third-order valence-electron chi connectivity index (χ3n) is 1.27. The van der Waals surface area contributed by atoms with E-state index in [1.165, 1.54) is 0 Å². The zero-order chi connectivity index (χ0) is 11.1. The van der Waals surface area contributed by atoms with Crippen LogP contribution >= 0.6 is 21.6 Å². The molecule has 6 nitrogen and oxygen atoms in total. The molecule has 0 saturated heterocycles. The molecule has 0 aromatic carbocycles. The Hall–Kier alpha value is -0.440. The van der Waals surface area contributed by atoms with Gasteiger partial charge in [-0.1, -0.05) is 21.6 Å². The van der Waals surface area contributed by atoms with E-state index in [1.807, 2.05) is 0 Å². The largest absolute Gasteiger partial charge is 0.480 e. The SMILES string of the molecule is NC[C@@H](SS[C@H](CN)C(=O)O)C(=O)O. The predicted molar refractivity (Wildman–Crippen MR) is 56.1 cm³/mol. The monoisotopic (exact) mass is 240 g/mol. The van der Waals surface area contributed by atoms with Crippen molar-refractivity contribution in [3.05, 3.63) is 0 Å². The standard InChI is InChI=1S/C6H12N2O4S2/c7-1-3(5(9)10)13-14-4(2-8)6(11)12/h3-4H,1-2,7-8H2,(H,9,10)(H,11,12)/t3-,4-/m1/s1. The van der Waals surface area contributed by atoms with Crippen LogP contribution in [0.5, 0.6) is 0 Å². The number of carboxylic acid groups (broad SMARTS) is 2. The molecule has 0 aromatic rings. The highest BCUT2D eigenvalue weighted by atomic mass is 33.1.